The molecule has 2 atom stereocenters. The van der Waals surface area contributed by atoms with E-state index in [1.807, 2.05) is 0 Å². The second-order valence-electron chi connectivity index (χ2n) is 3.84. The van der Waals surface area contributed by atoms with Crippen molar-refractivity contribution in [3.8, 4) is 0 Å². The largest absolute Gasteiger partial charge is 0.347 e. The van der Waals surface area contributed by atoms with Crippen LogP contribution in [0, 0.1) is 5.92 Å². The van der Waals surface area contributed by atoms with E-state index in [0.717, 1.165) is 18.5 Å². The van der Waals surface area contributed by atoms with Crippen LogP contribution in [0.5, 0.6) is 0 Å². The van der Waals surface area contributed by atoms with Crippen LogP contribution in [-0.4, -0.2) is 11.9 Å². The van der Waals surface area contributed by atoms with E-state index < -0.39 is 0 Å². The Balaban J connectivity index is 2.30. The summed E-state index contributed by atoms with van der Waals surface area (Å²) < 4.78 is 0. The van der Waals surface area contributed by atoms with Crippen molar-refractivity contribution in [2.24, 2.45) is 5.92 Å². The number of carbonyl (C=O) groups excluding carboxylic acids is 1. The molecule has 1 aliphatic carbocycles. The molecule has 4 N–H and O–H groups in total. The first kappa shape index (κ1) is 8.51. The van der Waals surface area contributed by atoms with Gasteiger partial charge in [-0.15, -0.1) is 0 Å². The van der Waals surface area contributed by atoms with Crippen LogP contribution < -0.4 is 11.1 Å². The van der Waals surface area contributed by atoms with Gasteiger partial charge in [0.05, 0.1) is 0 Å². The third kappa shape index (κ3) is 1.40. The van der Waals surface area contributed by atoms with Crippen molar-refractivity contribution >= 4 is 5.91 Å². The van der Waals surface area contributed by atoms with Crippen LogP contribution in [0.25, 0.3) is 0 Å². The first-order chi connectivity index (χ1) is 6.18. The van der Waals surface area contributed by atoms with Gasteiger partial charge in [-0.3, -0.25) is 4.79 Å². The number of allylic oxidation sites excluding steroid dienone is 3. The second kappa shape index (κ2) is 3.00. The Kier molecular flexibility index (Phi) is 1.96. The quantitative estimate of drug-likeness (QED) is 0.539. The lowest BCUT2D eigenvalue weighted by Gasteiger charge is -2.10. The van der Waals surface area contributed by atoms with E-state index in [4.69, 9.17) is 0 Å². The molecule has 2 unspecified atom stereocenters. The highest BCUT2D eigenvalue weighted by molar-refractivity contribution is 5.83. The smallest absolute Gasteiger partial charge is 0.282 e. The van der Waals surface area contributed by atoms with E-state index in [0.29, 0.717) is 5.92 Å². The average Bonchev–Trinajstić information content (AvgIpc) is 2.48. The number of nitrogens with one attached hydrogen (secondary N) is 1. The summed E-state index contributed by atoms with van der Waals surface area (Å²) in [6.07, 6.45) is 6.08. The first-order valence-corrected chi connectivity index (χ1v) is 4.73. The molecule has 3 heteroatoms. The van der Waals surface area contributed by atoms with Crippen LogP contribution in [0.3, 0.4) is 0 Å². The van der Waals surface area contributed by atoms with Gasteiger partial charge in [0.15, 0.2) is 6.04 Å². The van der Waals surface area contributed by atoms with Gasteiger partial charge in [0.2, 0.25) is 0 Å². The maximum atomic E-state index is 11.5. The van der Waals surface area contributed by atoms with Gasteiger partial charge in [-0.2, -0.15) is 0 Å². The van der Waals surface area contributed by atoms with Crippen molar-refractivity contribution in [3.05, 3.63) is 23.4 Å². The zero-order valence-corrected chi connectivity index (χ0v) is 7.84. The summed E-state index contributed by atoms with van der Waals surface area (Å²) in [5.41, 5.74) is 6.16. The number of amides is 1. The van der Waals surface area contributed by atoms with Gasteiger partial charge >= 0.3 is 0 Å². The molecule has 0 saturated carbocycles. The first-order valence-electron chi connectivity index (χ1n) is 4.73. The van der Waals surface area contributed by atoms with Crippen molar-refractivity contribution < 1.29 is 10.5 Å². The molecule has 13 heavy (non-hydrogen) atoms. The summed E-state index contributed by atoms with van der Waals surface area (Å²) in [5, 5.41) is 2.91. The molecule has 1 amide bonds. The van der Waals surface area contributed by atoms with Crippen LogP contribution in [0.1, 0.15) is 19.8 Å². The lowest BCUT2D eigenvalue weighted by molar-refractivity contribution is -0.405. The maximum absolute atomic E-state index is 11.5. The molecule has 0 bridgehead atoms. The number of hydrogen-bond donors (Lipinski definition) is 2. The molecule has 70 valence electrons. The molecule has 0 radical (unpaired) electrons. The lowest BCUT2D eigenvalue weighted by atomic mass is 9.95. The number of hydrogen-bond acceptors (Lipinski definition) is 1. The van der Waals surface area contributed by atoms with E-state index in [1.165, 1.54) is 5.57 Å². The van der Waals surface area contributed by atoms with Crippen LogP contribution in [0.4, 0.5) is 0 Å². The number of carbonyl (C=O) groups is 1. The minimum atomic E-state index is -0.109. The molecule has 0 spiro atoms. The minimum Gasteiger partial charge on any atom is -0.347 e. The molecule has 3 nitrogen and oxygen atoms in total. The van der Waals surface area contributed by atoms with Gasteiger partial charge in [-0.1, -0.05) is 19.1 Å². The molecule has 0 aromatic carbocycles. The highest BCUT2D eigenvalue weighted by Crippen LogP contribution is 2.29. The summed E-state index contributed by atoms with van der Waals surface area (Å²) in [4.78, 5) is 11.5. The average molecular weight is 179 g/mol. The summed E-state index contributed by atoms with van der Waals surface area (Å²) in [6.45, 7) is 2.16. The molecule has 0 aromatic heterocycles. The Morgan fingerprint density at radius 1 is 1.54 bits per heavy atom. The Labute approximate surface area is 77.7 Å². The third-order valence-corrected chi connectivity index (χ3v) is 2.77. The fourth-order valence-electron chi connectivity index (χ4n) is 2.02. The fourth-order valence-corrected chi connectivity index (χ4v) is 2.02. The molecule has 2 rings (SSSR count). The normalized spacial score (nSPS) is 32.9. The monoisotopic (exact) mass is 179 g/mol. The summed E-state index contributed by atoms with van der Waals surface area (Å²) in [6, 6.07) is -0.109. The maximum Gasteiger partial charge on any atom is 0.282 e. The van der Waals surface area contributed by atoms with Crippen molar-refractivity contribution in [2.75, 3.05) is 0 Å². The highest BCUT2D eigenvalue weighted by atomic mass is 16.2. The molecular formula is C10H15N2O+. The Morgan fingerprint density at radius 3 is 3.08 bits per heavy atom. The molecule has 1 heterocycles. The van der Waals surface area contributed by atoms with Gasteiger partial charge in [0.25, 0.3) is 5.91 Å². The molecule has 1 fully saturated rings. The molecule has 1 saturated heterocycles. The highest BCUT2D eigenvalue weighted by Gasteiger charge is 2.30. The molecule has 0 aromatic rings. The molecule has 1 aliphatic heterocycles. The van der Waals surface area contributed by atoms with E-state index in [-0.39, 0.29) is 11.9 Å². The van der Waals surface area contributed by atoms with Gasteiger partial charge in [0, 0.05) is 12.1 Å². The van der Waals surface area contributed by atoms with Crippen molar-refractivity contribution in [3.63, 3.8) is 0 Å². The fraction of sp³-hybridized carbons (Fsp3) is 0.500. The zero-order chi connectivity index (χ0) is 9.42. The Bertz CT molecular complexity index is 304. The van der Waals surface area contributed by atoms with Crippen molar-refractivity contribution in [2.45, 2.75) is 25.8 Å². The van der Waals surface area contributed by atoms with Gasteiger partial charge in [-0.25, -0.2) is 0 Å². The van der Waals surface area contributed by atoms with Crippen LogP contribution >= 0.6 is 0 Å². The summed E-state index contributed by atoms with van der Waals surface area (Å²) in [7, 11) is 0. The standard InChI is InChI=1S/C10H14N2O/c1-6-5-8(11)10(13)12-9-4-2-3-7(6)9/h3-4,6,8H,2,5,11H2,1H3,(H,12,13)/p+1. The second-order valence-corrected chi connectivity index (χ2v) is 3.84. The topological polar surface area (TPSA) is 56.7 Å². The predicted octanol–water partition coefficient (Wildman–Crippen LogP) is -0.0331. The van der Waals surface area contributed by atoms with Gasteiger partial charge in [-0.05, 0) is 17.9 Å². The van der Waals surface area contributed by atoms with Gasteiger partial charge in [0.1, 0.15) is 0 Å². The van der Waals surface area contributed by atoms with E-state index >= 15 is 0 Å². The molecule has 2 aliphatic rings. The van der Waals surface area contributed by atoms with Crippen molar-refractivity contribution in [1.82, 2.24) is 5.32 Å². The lowest BCUT2D eigenvalue weighted by Crippen LogP contribution is -2.67. The summed E-state index contributed by atoms with van der Waals surface area (Å²) >= 11 is 0. The Hall–Kier alpha value is -1.09. The van der Waals surface area contributed by atoms with Crippen LogP contribution in [0.2, 0.25) is 0 Å². The van der Waals surface area contributed by atoms with Gasteiger partial charge < -0.3 is 11.1 Å². The van der Waals surface area contributed by atoms with Crippen LogP contribution in [0.15, 0.2) is 23.4 Å². The zero-order valence-electron chi connectivity index (χ0n) is 7.84. The summed E-state index contributed by atoms with van der Waals surface area (Å²) in [5.74, 6) is 0.513. The van der Waals surface area contributed by atoms with E-state index in [9.17, 15) is 4.79 Å². The number of fused-ring (bicyclic) bond motifs is 1. The third-order valence-electron chi connectivity index (χ3n) is 2.77. The minimum absolute atomic E-state index is 0.0587. The van der Waals surface area contributed by atoms with E-state index in [2.05, 4.69) is 30.1 Å². The number of rotatable bonds is 0. The SMILES string of the molecule is CC1CC([NH3+])C(=O)NC2=CCC=C21. The van der Waals surface area contributed by atoms with E-state index in [1.54, 1.807) is 0 Å². The molecular weight excluding hydrogens is 164 g/mol. The van der Waals surface area contributed by atoms with Crippen LogP contribution in [-0.2, 0) is 4.79 Å². The van der Waals surface area contributed by atoms with Crippen molar-refractivity contribution in [1.29, 1.82) is 0 Å². The predicted molar refractivity (Wildman–Crippen MR) is 49.4 cm³/mol. The Morgan fingerprint density at radius 2 is 2.31 bits per heavy atom. The number of quaternary nitrogens is 1.